The molecule has 3 aromatic rings. The molecule has 0 aromatic carbocycles. The van der Waals surface area contributed by atoms with Gasteiger partial charge in [-0.15, -0.1) is 10.2 Å². The van der Waals surface area contributed by atoms with Gasteiger partial charge in [0, 0.05) is 18.0 Å². The van der Waals surface area contributed by atoms with Crippen LogP contribution in [0.5, 0.6) is 0 Å². The molecule has 0 N–H and O–H groups in total. The second-order valence-electron chi connectivity index (χ2n) is 6.89. The summed E-state index contributed by atoms with van der Waals surface area (Å²) in [6, 6.07) is 2.03. The van der Waals surface area contributed by atoms with Crippen molar-refractivity contribution < 1.29 is 8.94 Å². The average molecular weight is 310 g/mol. The summed E-state index contributed by atoms with van der Waals surface area (Å²) in [6.07, 6.45) is 7.74. The van der Waals surface area contributed by atoms with Gasteiger partial charge >= 0.3 is 0 Å². The molecule has 0 radical (unpaired) electrons. The number of fused-ring (bicyclic) bond motifs is 1. The Hall–Kier alpha value is -2.24. The molecule has 0 saturated heterocycles. The van der Waals surface area contributed by atoms with Gasteiger partial charge < -0.3 is 8.94 Å². The predicted molar refractivity (Wildman–Crippen MR) is 82.8 cm³/mol. The Kier molecular flexibility index (Phi) is 2.80. The van der Waals surface area contributed by atoms with E-state index in [-0.39, 0.29) is 0 Å². The molecule has 2 fully saturated rings. The molecular weight excluding hydrogens is 292 g/mol. The van der Waals surface area contributed by atoms with Gasteiger partial charge in [-0.2, -0.15) is 0 Å². The summed E-state index contributed by atoms with van der Waals surface area (Å²) in [5.41, 5.74) is 2.46. The second-order valence-corrected chi connectivity index (χ2v) is 6.89. The Morgan fingerprint density at radius 3 is 2.78 bits per heavy atom. The molecule has 2 atom stereocenters. The van der Waals surface area contributed by atoms with Gasteiger partial charge in [0.15, 0.2) is 0 Å². The van der Waals surface area contributed by atoms with Gasteiger partial charge in [-0.3, -0.25) is 0 Å². The zero-order chi connectivity index (χ0) is 15.4. The number of hydrogen-bond donors (Lipinski definition) is 0. The Labute approximate surface area is 133 Å². The Morgan fingerprint density at radius 2 is 2.00 bits per heavy atom. The molecule has 5 rings (SSSR count). The van der Waals surface area contributed by atoms with Crippen LogP contribution in [0.15, 0.2) is 21.2 Å². The summed E-state index contributed by atoms with van der Waals surface area (Å²) in [5.74, 6) is 2.84. The molecule has 0 amide bonds. The maximum absolute atomic E-state index is 5.84. The fraction of sp³-hybridized carbons (Fsp3) is 0.529. The van der Waals surface area contributed by atoms with Crippen molar-refractivity contribution in [3.63, 3.8) is 0 Å². The number of aromatic nitrogens is 4. The predicted octanol–water partition coefficient (Wildman–Crippen LogP) is 4.05. The van der Waals surface area contributed by atoms with Crippen LogP contribution >= 0.6 is 0 Å². The van der Waals surface area contributed by atoms with Crippen LogP contribution < -0.4 is 0 Å². The van der Waals surface area contributed by atoms with Crippen LogP contribution in [0.25, 0.3) is 22.6 Å². The van der Waals surface area contributed by atoms with Crippen molar-refractivity contribution in [1.82, 2.24) is 20.3 Å². The lowest BCUT2D eigenvalue weighted by molar-refractivity contribution is 0.430. The number of rotatable bonds is 3. The molecule has 0 bridgehead atoms. The van der Waals surface area contributed by atoms with Crippen molar-refractivity contribution in [1.29, 1.82) is 0 Å². The number of pyridine rings is 1. The Balaban J connectivity index is 1.53. The largest absolute Gasteiger partial charge is 0.420 e. The van der Waals surface area contributed by atoms with E-state index in [4.69, 9.17) is 8.94 Å². The van der Waals surface area contributed by atoms with Gasteiger partial charge in [0.05, 0.1) is 16.6 Å². The number of hydrogen-bond acceptors (Lipinski definition) is 6. The molecule has 2 saturated carbocycles. The first kappa shape index (κ1) is 13.2. The number of nitrogens with zero attached hydrogens (tertiary/aromatic N) is 4. The minimum absolute atomic E-state index is 0.428. The van der Waals surface area contributed by atoms with Gasteiger partial charge in [0.25, 0.3) is 5.71 Å². The van der Waals surface area contributed by atoms with E-state index in [2.05, 4.69) is 27.3 Å². The van der Waals surface area contributed by atoms with E-state index in [9.17, 15) is 0 Å². The van der Waals surface area contributed by atoms with Crippen LogP contribution in [0.1, 0.15) is 62.4 Å². The molecule has 23 heavy (non-hydrogen) atoms. The zero-order valence-electron chi connectivity index (χ0n) is 13.0. The molecule has 2 aliphatic carbocycles. The van der Waals surface area contributed by atoms with E-state index < -0.39 is 0 Å². The summed E-state index contributed by atoms with van der Waals surface area (Å²) in [5, 5.41) is 13.6. The van der Waals surface area contributed by atoms with E-state index in [1.807, 2.05) is 6.07 Å². The van der Waals surface area contributed by atoms with Crippen LogP contribution in [-0.2, 0) is 0 Å². The fourth-order valence-electron chi connectivity index (χ4n) is 3.63. The molecule has 0 aliphatic heterocycles. The summed E-state index contributed by atoms with van der Waals surface area (Å²) in [6.45, 7) is 2.20. The molecule has 118 valence electrons. The van der Waals surface area contributed by atoms with Crippen molar-refractivity contribution >= 4 is 11.1 Å². The van der Waals surface area contributed by atoms with Crippen molar-refractivity contribution in [2.75, 3.05) is 0 Å². The van der Waals surface area contributed by atoms with Gasteiger partial charge in [0.2, 0.25) is 11.8 Å². The standard InChI is InChI=1S/C17H18N4O2/c1-9-6-12(9)17-20-19-15(22-17)11-7-13-14(10-4-2-3-5-10)21-23-16(13)18-8-11/h7-10,12H,2-6H2,1H3. The quantitative estimate of drug-likeness (QED) is 0.726. The minimum atomic E-state index is 0.428. The fourth-order valence-corrected chi connectivity index (χ4v) is 3.63. The maximum Gasteiger partial charge on any atom is 0.257 e. The van der Waals surface area contributed by atoms with E-state index in [0.29, 0.717) is 29.4 Å². The molecule has 2 unspecified atom stereocenters. The monoisotopic (exact) mass is 310 g/mol. The van der Waals surface area contributed by atoms with Crippen molar-refractivity contribution in [3.05, 3.63) is 23.8 Å². The molecule has 0 spiro atoms. The van der Waals surface area contributed by atoms with Crippen LogP contribution in [0.4, 0.5) is 0 Å². The van der Waals surface area contributed by atoms with Crippen molar-refractivity contribution in [2.24, 2.45) is 5.92 Å². The molecule has 6 nitrogen and oxygen atoms in total. The normalized spacial score (nSPS) is 24.6. The third-order valence-electron chi connectivity index (χ3n) is 5.21. The minimum Gasteiger partial charge on any atom is -0.420 e. The highest BCUT2D eigenvalue weighted by Crippen LogP contribution is 2.46. The molecule has 3 heterocycles. The zero-order valence-corrected chi connectivity index (χ0v) is 13.0. The van der Waals surface area contributed by atoms with E-state index >= 15 is 0 Å². The van der Waals surface area contributed by atoms with Crippen molar-refractivity contribution in [3.8, 4) is 11.5 Å². The SMILES string of the molecule is CC1CC1c1nnc(-c2cnc3onc(C4CCCC4)c3c2)o1. The first-order chi connectivity index (χ1) is 11.3. The van der Waals surface area contributed by atoms with Crippen LogP contribution in [0.2, 0.25) is 0 Å². The van der Waals surface area contributed by atoms with Gasteiger partial charge in [-0.1, -0.05) is 24.9 Å². The highest BCUT2D eigenvalue weighted by Gasteiger charge is 2.38. The van der Waals surface area contributed by atoms with E-state index in [0.717, 1.165) is 29.0 Å². The lowest BCUT2D eigenvalue weighted by atomic mass is 10.0. The first-order valence-electron chi connectivity index (χ1n) is 8.38. The molecule has 3 aromatic heterocycles. The molecule has 2 aliphatic rings. The van der Waals surface area contributed by atoms with Gasteiger partial charge in [-0.05, 0) is 31.2 Å². The summed E-state index contributed by atoms with van der Waals surface area (Å²) >= 11 is 0. The maximum atomic E-state index is 5.84. The third kappa shape index (κ3) is 2.16. The Morgan fingerprint density at radius 1 is 1.17 bits per heavy atom. The highest BCUT2D eigenvalue weighted by molar-refractivity contribution is 5.80. The van der Waals surface area contributed by atoms with E-state index in [1.54, 1.807) is 6.20 Å². The first-order valence-corrected chi connectivity index (χ1v) is 8.38. The summed E-state index contributed by atoms with van der Waals surface area (Å²) in [4.78, 5) is 4.38. The molecule has 6 heteroatoms. The van der Waals surface area contributed by atoms with Gasteiger partial charge in [0.1, 0.15) is 0 Å². The van der Waals surface area contributed by atoms with Crippen LogP contribution in [0, 0.1) is 5.92 Å². The smallest absolute Gasteiger partial charge is 0.257 e. The van der Waals surface area contributed by atoms with Crippen molar-refractivity contribution in [2.45, 2.75) is 50.9 Å². The third-order valence-corrected chi connectivity index (χ3v) is 5.21. The van der Waals surface area contributed by atoms with Crippen LogP contribution in [-0.4, -0.2) is 20.3 Å². The lowest BCUT2D eigenvalue weighted by Gasteiger charge is -2.03. The van der Waals surface area contributed by atoms with Crippen LogP contribution in [0.3, 0.4) is 0 Å². The van der Waals surface area contributed by atoms with Gasteiger partial charge in [-0.25, -0.2) is 4.98 Å². The molecular formula is C17H18N4O2. The summed E-state index contributed by atoms with van der Waals surface area (Å²) in [7, 11) is 0. The lowest BCUT2D eigenvalue weighted by Crippen LogP contribution is -1.93. The highest BCUT2D eigenvalue weighted by atomic mass is 16.5. The second kappa shape index (κ2) is 4.88. The topological polar surface area (TPSA) is 77.8 Å². The summed E-state index contributed by atoms with van der Waals surface area (Å²) < 4.78 is 11.2. The van der Waals surface area contributed by atoms with E-state index in [1.165, 1.54) is 25.7 Å². The Bertz CT molecular complexity index is 862. The average Bonchev–Trinajstić information content (AvgIpc) is 3.07.